The Balaban J connectivity index is 2.58. The molecule has 1 aromatic heterocycles. The van der Waals surface area contributed by atoms with Crippen LogP contribution >= 0.6 is 0 Å². The van der Waals surface area contributed by atoms with E-state index in [0.717, 1.165) is 6.07 Å². The van der Waals surface area contributed by atoms with Crippen LogP contribution in [0, 0.1) is 5.95 Å². The van der Waals surface area contributed by atoms with Crippen molar-refractivity contribution in [2.24, 2.45) is 0 Å². The Kier molecular flexibility index (Phi) is 4.57. The number of pyridine rings is 1. The summed E-state index contributed by atoms with van der Waals surface area (Å²) in [5.74, 6) is -0.988. The van der Waals surface area contributed by atoms with Crippen LogP contribution in [0.5, 0.6) is 0 Å². The lowest BCUT2D eigenvalue weighted by Crippen LogP contribution is -2.42. The summed E-state index contributed by atoms with van der Waals surface area (Å²) in [7, 11) is 0. The number of aromatic nitrogens is 1. The fourth-order valence-corrected chi connectivity index (χ4v) is 1.36. The second-order valence-electron chi connectivity index (χ2n) is 3.98. The molecule has 0 spiro atoms. The van der Waals surface area contributed by atoms with Gasteiger partial charge in [0.25, 0.3) is 5.91 Å². The van der Waals surface area contributed by atoms with E-state index in [4.69, 9.17) is 0 Å². The van der Waals surface area contributed by atoms with Crippen LogP contribution in [0.4, 0.5) is 4.39 Å². The number of carbonyl (C=O) groups is 1. The SMILES string of the molecule is CCC(O)(CC)CNC(=O)c1ccc(F)nc1. The van der Waals surface area contributed by atoms with Crippen molar-refractivity contribution < 1.29 is 14.3 Å². The summed E-state index contributed by atoms with van der Waals surface area (Å²) in [5.41, 5.74) is -0.607. The molecular formula is C12H17FN2O2. The molecule has 1 heterocycles. The molecular weight excluding hydrogens is 223 g/mol. The first-order valence-corrected chi connectivity index (χ1v) is 5.63. The highest BCUT2D eigenvalue weighted by molar-refractivity contribution is 5.93. The minimum atomic E-state index is -0.886. The fraction of sp³-hybridized carbons (Fsp3) is 0.500. The van der Waals surface area contributed by atoms with Gasteiger partial charge in [0.15, 0.2) is 0 Å². The van der Waals surface area contributed by atoms with Crippen LogP contribution in [0.1, 0.15) is 37.0 Å². The molecule has 94 valence electrons. The fourth-order valence-electron chi connectivity index (χ4n) is 1.36. The van der Waals surface area contributed by atoms with Gasteiger partial charge in [-0.05, 0) is 25.0 Å². The van der Waals surface area contributed by atoms with Gasteiger partial charge in [0.1, 0.15) is 0 Å². The predicted octanol–water partition coefficient (Wildman–Crippen LogP) is 1.50. The van der Waals surface area contributed by atoms with E-state index in [1.807, 2.05) is 13.8 Å². The standard InChI is InChI=1S/C12H17FN2O2/c1-3-12(17,4-2)8-15-11(16)9-5-6-10(13)14-7-9/h5-7,17H,3-4,8H2,1-2H3,(H,15,16). The quantitative estimate of drug-likeness (QED) is 0.767. The number of halogens is 1. The molecule has 17 heavy (non-hydrogen) atoms. The van der Waals surface area contributed by atoms with Gasteiger partial charge in [-0.2, -0.15) is 4.39 Å². The summed E-state index contributed by atoms with van der Waals surface area (Å²) in [6.45, 7) is 3.89. The average Bonchev–Trinajstić information content (AvgIpc) is 2.36. The molecule has 0 atom stereocenters. The molecule has 0 aliphatic carbocycles. The van der Waals surface area contributed by atoms with E-state index >= 15 is 0 Å². The summed E-state index contributed by atoms with van der Waals surface area (Å²) in [4.78, 5) is 15.0. The molecule has 0 unspecified atom stereocenters. The first kappa shape index (κ1) is 13.6. The zero-order valence-electron chi connectivity index (χ0n) is 10.0. The summed E-state index contributed by atoms with van der Waals surface area (Å²) in [6.07, 6.45) is 2.29. The maximum atomic E-state index is 12.6. The first-order chi connectivity index (χ1) is 8.00. The minimum absolute atomic E-state index is 0.177. The normalized spacial score (nSPS) is 11.3. The Hall–Kier alpha value is -1.49. The molecule has 0 bridgehead atoms. The van der Waals surface area contributed by atoms with Crippen molar-refractivity contribution in [2.75, 3.05) is 6.54 Å². The van der Waals surface area contributed by atoms with E-state index in [-0.39, 0.29) is 18.0 Å². The monoisotopic (exact) mass is 240 g/mol. The van der Waals surface area contributed by atoms with E-state index in [1.165, 1.54) is 12.3 Å². The van der Waals surface area contributed by atoms with E-state index in [1.54, 1.807) is 0 Å². The largest absolute Gasteiger partial charge is 0.388 e. The number of carbonyl (C=O) groups excluding carboxylic acids is 1. The van der Waals surface area contributed by atoms with Gasteiger partial charge >= 0.3 is 0 Å². The van der Waals surface area contributed by atoms with Crippen molar-refractivity contribution >= 4 is 5.91 Å². The maximum Gasteiger partial charge on any atom is 0.252 e. The molecule has 0 radical (unpaired) electrons. The Morgan fingerprint density at radius 1 is 1.47 bits per heavy atom. The van der Waals surface area contributed by atoms with E-state index in [2.05, 4.69) is 10.3 Å². The van der Waals surface area contributed by atoms with Gasteiger partial charge in [0.05, 0.1) is 11.2 Å². The van der Waals surface area contributed by atoms with Crippen molar-refractivity contribution in [3.8, 4) is 0 Å². The van der Waals surface area contributed by atoms with Crippen LogP contribution in [-0.4, -0.2) is 28.1 Å². The van der Waals surface area contributed by atoms with Crippen molar-refractivity contribution in [1.82, 2.24) is 10.3 Å². The third-order valence-electron chi connectivity index (χ3n) is 2.88. The van der Waals surface area contributed by atoms with Crippen LogP contribution in [0.2, 0.25) is 0 Å². The van der Waals surface area contributed by atoms with Crippen LogP contribution < -0.4 is 5.32 Å². The van der Waals surface area contributed by atoms with Gasteiger partial charge < -0.3 is 10.4 Å². The highest BCUT2D eigenvalue weighted by Gasteiger charge is 2.22. The Morgan fingerprint density at radius 2 is 2.12 bits per heavy atom. The second-order valence-corrected chi connectivity index (χ2v) is 3.98. The molecule has 1 amide bonds. The Morgan fingerprint density at radius 3 is 2.59 bits per heavy atom. The number of hydrogen-bond donors (Lipinski definition) is 2. The van der Waals surface area contributed by atoms with Crippen molar-refractivity contribution in [3.05, 3.63) is 29.8 Å². The number of amides is 1. The molecule has 1 rings (SSSR count). The molecule has 2 N–H and O–H groups in total. The third-order valence-corrected chi connectivity index (χ3v) is 2.88. The molecule has 1 aromatic rings. The lowest BCUT2D eigenvalue weighted by Gasteiger charge is -2.25. The Bertz CT molecular complexity index is 375. The lowest BCUT2D eigenvalue weighted by atomic mass is 9.97. The minimum Gasteiger partial charge on any atom is -0.388 e. The summed E-state index contributed by atoms with van der Waals surface area (Å²) in [5, 5.41) is 12.6. The number of hydrogen-bond acceptors (Lipinski definition) is 3. The summed E-state index contributed by atoms with van der Waals surface area (Å²) >= 11 is 0. The third kappa shape index (κ3) is 3.78. The first-order valence-electron chi connectivity index (χ1n) is 5.63. The van der Waals surface area contributed by atoms with Crippen molar-refractivity contribution in [3.63, 3.8) is 0 Å². The van der Waals surface area contributed by atoms with Gasteiger partial charge in [-0.25, -0.2) is 4.98 Å². The number of nitrogens with zero attached hydrogens (tertiary/aromatic N) is 1. The topological polar surface area (TPSA) is 62.2 Å². The molecule has 0 aromatic carbocycles. The van der Waals surface area contributed by atoms with Crippen LogP contribution in [-0.2, 0) is 0 Å². The zero-order valence-corrected chi connectivity index (χ0v) is 10.0. The van der Waals surface area contributed by atoms with E-state index in [9.17, 15) is 14.3 Å². The summed E-state index contributed by atoms with van der Waals surface area (Å²) in [6, 6.07) is 2.48. The molecule has 0 fully saturated rings. The van der Waals surface area contributed by atoms with Crippen LogP contribution in [0.3, 0.4) is 0 Å². The zero-order chi connectivity index (χ0) is 12.9. The molecule has 4 nitrogen and oxygen atoms in total. The van der Waals surface area contributed by atoms with E-state index in [0.29, 0.717) is 12.8 Å². The molecule has 0 saturated carbocycles. The highest BCUT2D eigenvalue weighted by Crippen LogP contribution is 2.13. The second kappa shape index (κ2) is 5.72. The number of aliphatic hydroxyl groups is 1. The molecule has 0 saturated heterocycles. The Labute approximate surface area is 99.9 Å². The van der Waals surface area contributed by atoms with Crippen LogP contribution in [0.25, 0.3) is 0 Å². The van der Waals surface area contributed by atoms with Gasteiger partial charge in [0, 0.05) is 12.7 Å². The smallest absolute Gasteiger partial charge is 0.252 e. The number of nitrogens with one attached hydrogen (secondary N) is 1. The van der Waals surface area contributed by atoms with Gasteiger partial charge in [-0.15, -0.1) is 0 Å². The number of rotatable bonds is 5. The van der Waals surface area contributed by atoms with Gasteiger partial charge in [0.2, 0.25) is 5.95 Å². The van der Waals surface area contributed by atoms with E-state index < -0.39 is 11.5 Å². The lowest BCUT2D eigenvalue weighted by molar-refractivity contribution is 0.0314. The molecule has 5 heteroatoms. The van der Waals surface area contributed by atoms with Crippen LogP contribution in [0.15, 0.2) is 18.3 Å². The molecule has 0 aliphatic heterocycles. The molecule has 0 aliphatic rings. The highest BCUT2D eigenvalue weighted by atomic mass is 19.1. The van der Waals surface area contributed by atoms with Gasteiger partial charge in [-0.3, -0.25) is 4.79 Å². The maximum absolute atomic E-state index is 12.6. The summed E-state index contributed by atoms with van der Waals surface area (Å²) < 4.78 is 12.6. The van der Waals surface area contributed by atoms with Crippen molar-refractivity contribution in [1.29, 1.82) is 0 Å². The van der Waals surface area contributed by atoms with Gasteiger partial charge in [-0.1, -0.05) is 13.8 Å². The predicted molar refractivity (Wildman–Crippen MR) is 62.1 cm³/mol. The van der Waals surface area contributed by atoms with Crippen molar-refractivity contribution in [2.45, 2.75) is 32.3 Å². The average molecular weight is 240 g/mol.